The molecule has 0 bridgehead atoms. The van der Waals surface area contributed by atoms with Crippen LogP contribution < -0.4 is 15.6 Å². The van der Waals surface area contributed by atoms with Crippen LogP contribution in [0.15, 0.2) is 83.9 Å². The maximum Gasteiger partial charge on any atom is 0.278 e. The zero-order chi connectivity index (χ0) is 23.7. The van der Waals surface area contributed by atoms with Crippen molar-refractivity contribution < 1.29 is 9.53 Å². The van der Waals surface area contributed by atoms with Crippen LogP contribution in [-0.2, 0) is 17.9 Å². The van der Waals surface area contributed by atoms with Crippen LogP contribution in [0.2, 0.25) is 0 Å². The van der Waals surface area contributed by atoms with Crippen LogP contribution in [0.4, 0.5) is 5.69 Å². The number of aromatic nitrogens is 3. The van der Waals surface area contributed by atoms with Gasteiger partial charge in [-0.3, -0.25) is 14.2 Å². The lowest BCUT2D eigenvalue weighted by Gasteiger charge is -2.10. The third-order valence-corrected chi connectivity index (χ3v) is 5.85. The fourth-order valence-electron chi connectivity index (χ4n) is 4.22. The molecule has 7 heteroatoms. The Bertz CT molecular complexity index is 1570. The number of carbonyl (C=O) groups is 1. The van der Waals surface area contributed by atoms with Gasteiger partial charge in [0.25, 0.3) is 5.56 Å². The molecule has 0 saturated heterocycles. The number of aryl methyl sites for hydroxylation is 1. The highest BCUT2D eigenvalue weighted by Crippen LogP contribution is 2.25. The first-order chi connectivity index (χ1) is 16.5. The number of fused-ring (bicyclic) bond motifs is 3. The summed E-state index contributed by atoms with van der Waals surface area (Å²) in [6.07, 6.45) is 1.57. The zero-order valence-electron chi connectivity index (χ0n) is 19.0. The predicted octanol–water partition coefficient (Wildman–Crippen LogP) is 4.36. The number of hydrogen-bond acceptors (Lipinski definition) is 4. The molecular weight excluding hydrogens is 428 g/mol. The minimum absolute atomic E-state index is 0.00141. The van der Waals surface area contributed by atoms with Crippen LogP contribution in [0.25, 0.3) is 21.9 Å². The van der Waals surface area contributed by atoms with Crippen molar-refractivity contribution in [3.8, 4) is 5.75 Å². The van der Waals surface area contributed by atoms with Gasteiger partial charge in [0.1, 0.15) is 23.3 Å². The molecule has 3 aromatic carbocycles. The van der Waals surface area contributed by atoms with Crippen molar-refractivity contribution in [1.82, 2.24) is 14.1 Å². The molecule has 1 N–H and O–H groups in total. The van der Waals surface area contributed by atoms with Gasteiger partial charge in [0.2, 0.25) is 5.91 Å². The predicted molar refractivity (Wildman–Crippen MR) is 133 cm³/mol. The summed E-state index contributed by atoms with van der Waals surface area (Å²) >= 11 is 0. The summed E-state index contributed by atoms with van der Waals surface area (Å²) in [7, 11) is 1.62. The molecule has 1 amide bonds. The number of nitrogens with one attached hydrogen (secondary N) is 1. The first-order valence-corrected chi connectivity index (χ1v) is 11.0. The lowest BCUT2D eigenvalue weighted by Crippen LogP contribution is -2.25. The topological polar surface area (TPSA) is 78.2 Å². The molecule has 2 heterocycles. The highest BCUT2D eigenvalue weighted by Gasteiger charge is 2.18. The number of anilines is 1. The maximum absolute atomic E-state index is 13.6. The number of benzene rings is 3. The Labute approximate surface area is 196 Å². The van der Waals surface area contributed by atoms with Crippen molar-refractivity contribution in [2.24, 2.45) is 0 Å². The van der Waals surface area contributed by atoms with E-state index in [9.17, 15) is 9.59 Å². The second-order valence-corrected chi connectivity index (χ2v) is 8.24. The minimum Gasteiger partial charge on any atom is -0.497 e. The fraction of sp³-hybridized carbons (Fsp3) is 0.148. The molecule has 0 fully saturated rings. The number of carbonyl (C=O) groups excluding carboxylic acids is 1. The van der Waals surface area contributed by atoms with Gasteiger partial charge in [-0.05, 0) is 48.4 Å². The Balaban J connectivity index is 1.55. The molecule has 0 unspecified atom stereocenters. The number of nitrogens with zero attached hydrogens (tertiary/aromatic N) is 3. The van der Waals surface area contributed by atoms with Gasteiger partial charge in [-0.1, -0.05) is 42.5 Å². The molecule has 5 aromatic rings. The summed E-state index contributed by atoms with van der Waals surface area (Å²) in [5, 5.41) is 3.78. The monoisotopic (exact) mass is 452 g/mol. The molecule has 0 aliphatic rings. The fourth-order valence-corrected chi connectivity index (χ4v) is 4.22. The number of ether oxygens (including phenoxy) is 1. The third kappa shape index (κ3) is 4.03. The van der Waals surface area contributed by atoms with Crippen molar-refractivity contribution in [2.75, 3.05) is 12.4 Å². The number of para-hydroxylation sites is 1. The standard InChI is InChI=1S/C27H24N4O3/c1-18-6-5-7-20(14-18)29-24(32)16-31-23-9-4-3-8-22(23)25-26(31)27(33)30(17-28-25)15-19-10-12-21(34-2)13-11-19/h3-14,17H,15-16H2,1-2H3,(H,29,32). The Kier molecular flexibility index (Phi) is 5.59. The average Bonchev–Trinajstić information content (AvgIpc) is 3.15. The van der Waals surface area contributed by atoms with Gasteiger partial charge in [-0.2, -0.15) is 0 Å². The van der Waals surface area contributed by atoms with Gasteiger partial charge < -0.3 is 14.6 Å². The van der Waals surface area contributed by atoms with E-state index in [0.29, 0.717) is 17.6 Å². The van der Waals surface area contributed by atoms with E-state index in [-0.39, 0.29) is 18.0 Å². The molecule has 5 rings (SSSR count). The lowest BCUT2D eigenvalue weighted by molar-refractivity contribution is -0.116. The normalized spacial score (nSPS) is 11.1. The van der Waals surface area contributed by atoms with Crippen LogP contribution in [0.1, 0.15) is 11.1 Å². The van der Waals surface area contributed by atoms with Crippen molar-refractivity contribution in [3.63, 3.8) is 0 Å². The van der Waals surface area contributed by atoms with Crippen LogP contribution >= 0.6 is 0 Å². The van der Waals surface area contributed by atoms with Crippen LogP contribution in [0, 0.1) is 6.92 Å². The molecule has 34 heavy (non-hydrogen) atoms. The second kappa shape index (κ2) is 8.86. The van der Waals surface area contributed by atoms with E-state index >= 15 is 0 Å². The number of hydrogen-bond donors (Lipinski definition) is 1. The van der Waals surface area contributed by atoms with Crippen LogP contribution in [-0.4, -0.2) is 27.1 Å². The molecule has 0 atom stereocenters. The summed E-state index contributed by atoms with van der Waals surface area (Å²) < 4.78 is 8.54. The molecule has 7 nitrogen and oxygen atoms in total. The molecular formula is C27H24N4O3. The van der Waals surface area contributed by atoms with E-state index in [1.54, 1.807) is 22.6 Å². The molecule has 0 radical (unpaired) electrons. The highest BCUT2D eigenvalue weighted by molar-refractivity contribution is 6.06. The lowest BCUT2D eigenvalue weighted by atomic mass is 10.2. The second-order valence-electron chi connectivity index (χ2n) is 8.24. The highest BCUT2D eigenvalue weighted by atomic mass is 16.5. The van der Waals surface area contributed by atoms with E-state index < -0.39 is 0 Å². The summed E-state index contributed by atoms with van der Waals surface area (Å²) in [5.41, 5.74) is 4.33. The van der Waals surface area contributed by atoms with Gasteiger partial charge in [0.15, 0.2) is 0 Å². The Morgan fingerprint density at radius 3 is 2.59 bits per heavy atom. The first-order valence-electron chi connectivity index (χ1n) is 11.0. The summed E-state index contributed by atoms with van der Waals surface area (Å²) in [6.45, 7) is 2.34. The van der Waals surface area contributed by atoms with E-state index in [4.69, 9.17) is 4.74 Å². The Morgan fingerprint density at radius 2 is 1.82 bits per heavy atom. The summed E-state index contributed by atoms with van der Waals surface area (Å²) in [5.74, 6) is 0.544. The largest absolute Gasteiger partial charge is 0.497 e. The smallest absolute Gasteiger partial charge is 0.278 e. The van der Waals surface area contributed by atoms with Crippen LogP contribution in [0.5, 0.6) is 5.75 Å². The summed E-state index contributed by atoms with van der Waals surface area (Å²) in [4.78, 5) is 31.1. The Morgan fingerprint density at radius 1 is 1.03 bits per heavy atom. The minimum atomic E-state index is -0.210. The van der Waals surface area contributed by atoms with Gasteiger partial charge >= 0.3 is 0 Å². The van der Waals surface area contributed by atoms with Gasteiger partial charge in [0, 0.05) is 11.1 Å². The van der Waals surface area contributed by atoms with E-state index in [1.807, 2.05) is 79.7 Å². The summed E-state index contributed by atoms with van der Waals surface area (Å²) in [6, 6.07) is 22.8. The SMILES string of the molecule is COc1ccc(Cn2cnc3c4ccccc4n(CC(=O)Nc4cccc(C)c4)c3c2=O)cc1. The molecule has 0 aliphatic heterocycles. The first kappa shape index (κ1) is 21.5. The van der Waals surface area contributed by atoms with Crippen molar-refractivity contribution in [3.05, 3.63) is 101 Å². The molecule has 2 aromatic heterocycles. The molecule has 0 spiro atoms. The van der Waals surface area contributed by atoms with Crippen molar-refractivity contribution in [2.45, 2.75) is 20.0 Å². The molecule has 0 aliphatic carbocycles. The Hall–Kier alpha value is -4.39. The number of rotatable bonds is 6. The van der Waals surface area contributed by atoms with Gasteiger partial charge in [0.05, 0.1) is 25.5 Å². The number of methoxy groups -OCH3 is 1. The third-order valence-electron chi connectivity index (χ3n) is 5.85. The van der Waals surface area contributed by atoms with Crippen molar-refractivity contribution >= 4 is 33.5 Å². The van der Waals surface area contributed by atoms with Crippen LogP contribution in [0.3, 0.4) is 0 Å². The van der Waals surface area contributed by atoms with E-state index in [1.165, 1.54) is 0 Å². The molecule has 170 valence electrons. The maximum atomic E-state index is 13.6. The van der Waals surface area contributed by atoms with E-state index in [0.717, 1.165) is 33.5 Å². The molecule has 0 saturated carbocycles. The van der Waals surface area contributed by atoms with Gasteiger partial charge in [-0.25, -0.2) is 4.98 Å². The quantitative estimate of drug-likeness (QED) is 0.415. The number of amides is 1. The average molecular weight is 453 g/mol. The zero-order valence-corrected chi connectivity index (χ0v) is 19.0. The van der Waals surface area contributed by atoms with Crippen molar-refractivity contribution in [1.29, 1.82) is 0 Å². The van der Waals surface area contributed by atoms with E-state index in [2.05, 4.69) is 10.3 Å². The van der Waals surface area contributed by atoms with Gasteiger partial charge in [-0.15, -0.1) is 0 Å².